The van der Waals surface area contributed by atoms with Gasteiger partial charge >= 0.3 is 5.38 Å². The number of aromatic nitrogens is 2. The van der Waals surface area contributed by atoms with Crippen LogP contribution in [0.25, 0.3) is 0 Å². The normalized spacial score (nSPS) is 11.2. The number of alkyl halides is 3. The first-order valence-electron chi connectivity index (χ1n) is 2.96. The minimum absolute atomic E-state index is 0.211. The Bertz CT molecular complexity index is 334. The lowest BCUT2D eigenvalue weighted by Crippen LogP contribution is -2.12. The molecule has 12 heavy (non-hydrogen) atoms. The Morgan fingerprint density at radius 3 is 2.67 bits per heavy atom. The fourth-order valence-electron chi connectivity index (χ4n) is 0.856. The summed E-state index contributed by atoms with van der Waals surface area (Å²) in [6.45, 7) is 0. The molecule has 1 aromatic rings. The van der Waals surface area contributed by atoms with E-state index in [9.17, 15) is 8.78 Å². The summed E-state index contributed by atoms with van der Waals surface area (Å²) in [5, 5.41) is 8.34. The molecular weight excluding hydrogens is 188 g/mol. The Morgan fingerprint density at radius 1 is 1.75 bits per heavy atom. The van der Waals surface area contributed by atoms with Gasteiger partial charge in [-0.3, -0.25) is 4.68 Å². The highest BCUT2D eigenvalue weighted by molar-refractivity contribution is 6.21. The lowest BCUT2D eigenvalue weighted by Gasteiger charge is -2.07. The number of halogens is 3. The second kappa shape index (κ2) is 2.72. The predicted molar refractivity (Wildman–Crippen MR) is 37.7 cm³/mol. The maximum atomic E-state index is 12.5. The topological polar surface area (TPSA) is 41.6 Å². The Morgan fingerprint density at radius 2 is 2.33 bits per heavy atom. The summed E-state index contributed by atoms with van der Waals surface area (Å²) < 4.78 is 26.0. The van der Waals surface area contributed by atoms with Crippen molar-refractivity contribution in [2.75, 3.05) is 0 Å². The van der Waals surface area contributed by atoms with Gasteiger partial charge in [0.2, 0.25) is 0 Å². The van der Waals surface area contributed by atoms with Crippen LogP contribution in [0.5, 0.6) is 0 Å². The third-order valence-electron chi connectivity index (χ3n) is 1.33. The molecule has 0 N–H and O–H groups in total. The van der Waals surface area contributed by atoms with Crippen molar-refractivity contribution in [1.82, 2.24) is 9.78 Å². The molecular formula is C6H4ClF2N3. The zero-order chi connectivity index (χ0) is 9.35. The molecule has 1 rings (SSSR count). The smallest absolute Gasteiger partial charge is 0.264 e. The largest absolute Gasteiger partial charge is 0.365 e. The Kier molecular flexibility index (Phi) is 2.02. The van der Waals surface area contributed by atoms with E-state index in [4.69, 9.17) is 16.9 Å². The van der Waals surface area contributed by atoms with Crippen molar-refractivity contribution in [3.63, 3.8) is 0 Å². The summed E-state index contributed by atoms with van der Waals surface area (Å²) in [6, 6.07) is 1.58. The molecule has 0 spiro atoms. The lowest BCUT2D eigenvalue weighted by atomic mass is 10.3. The first kappa shape index (κ1) is 8.94. The summed E-state index contributed by atoms with van der Waals surface area (Å²) in [7, 11) is 1.30. The van der Waals surface area contributed by atoms with E-state index in [2.05, 4.69) is 5.10 Å². The highest BCUT2D eigenvalue weighted by atomic mass is 35.5. The van der Waals surface area contributed by atoms with Crippen LogP contribution in [0.3, 0.4) is 0 Å². The Hall–Kier alpha value is -1.15. The molecule has 0 atom stereocenters. The van der Waals surface area contributed by atoms with Crippen LogP contribution in [0.2, 0.25) is 0 Å². The Labute approximate surface area is 72.2 Å². The molecule has 0 unspecified atom stereocenters. The van der Waals surface area contributed by atoms with Gasteiger partial charge in [-0.15, -0.1) is 0 Å². The minimum Gasteiger partial charge on any atom is -0.264 e. The van der Waals surface area contributed by atoms with Crippen LogP contribution in [-0.2, 0) is 12.4 Å². The van der Waals surface area contributed by atoms with Gasteiger partial charge in [0.1, 0.15) is 17.3 Å². The van der Waals surface area contributed by atoms with Crippen molar-refractivity contribution < 1.29 is 8.78 Å². The molecule has 0 aliphatic heterocycles. The van der Waals surface area contributed by atoms with Crippen LogP contribution in [-0.4, -0.2) is 9.78 Å². The van der Waals surface area contributed by atoms with Crippen LogP contribution in [0.1, 0.15) is 11.3 Å². The molecule has 0 saturated heterocycles. The first-order valence-corrected chi connectivity index (χ1v) is 3.34. The average molecular weight is 192 g/mol. The second-order valence-electron chi connectivity index (χ2n) is 2.14. The van der Waals surface area contributed by atoms with E-state index in [1.54, 1.807) is 6.07 Å². The molecule has 64 valence electrons. The molecule has 1 heterocycles. The van der Waals surface area contributed by atoms with Gasteiger partial charge < -0.3 is 0 Å². The fraction of sp³-hybridized carbons (Fsp3) is 0.333. The highest BCUT2D eigenvalue weighted by Crippen LogP contribution is 2.33. The van der Waals surface area contributed by atoms with Gasteiger partial charge in [-0.25, -0.2) is 0 Å². The summed E-state index contributed by atoms with van der Waals surface area (Å²) in [5.74, 6) is 0. The monoisotopic (exact) mass is 191 g/mol. The van der Waals surface area contributed by atoms with Gasteiger partial charge in [0.15, 0.2) is 0 Å². The second-order valence-corrected chi connectivity index (χ2v) is 2.61. The van der Waals surface area contributed by atoms with E-state index in [1.165, 1.54) is 7.05 Å². The molecule has 0 aliphatic rings. The van der Waals surface area contributed by atoms with Crippen molar-refractivity contribution in [2.45, 2.75) is 5.38 Å². The highest BCUT2D eigenvalue weighted by Gasteiger charge is 2.34. The quantitative estimate of drug-likeness (QED) is 0.633. The summed E-state index contributed by atoms with van der Waals surface area (Å²) in [4.78, 5) is 0. The van der Waals surface area contributed by atoms with Crippen molar-refractivity contribution in [1.29, 1.82) is 5.26 Å². The molecule has 3 nitrogen and oxygen atoms in total. The van der Waals surface area contributed by atoms with Gasteiger partial charge in [0.05, 0.1) is 6.20 Å². The van der Waals surface area contributed by atoms with Gasteiger partial charge in [-0.05, 0) is 11.6 Å². The molecule has 1 aromatic heterocycles. The zero-order valence-electron chi connectivity index (χ0n) is 6.05. The third kappa shape index (κ3) is 1.38. The number of hydrogen-bond donors (Lipinski definition) is 0. The number of hydrogen-bond acceptors (Lipinski definition) is 2. The third-order valence-corrected chi connectivity index (χ3v) is 1.51. The fourth-order valence-corrected chi connectivity index (χ4v) is 1.08. The van der Waals surface area contributed by atoms with Gasteiger partial charge in [0, 0.05) is 7.05 Å². The van der Waals surface area contributed by atoms with E-state index in [0.717, 1.165) is 10.9 Å². The van der Waals surface area contributed by atoms with Crippen LogP contribution < -0.4 is 0 Å². The first-order chi connectivity index (χ1) is 5.46. The van der Waals surface area contributed by atoms with Crippen LogP contribution in [0.15, 0.2) is 6.20 Å². The van der Waals surface area contributed by atoms with E-state index in [-0.39, 0.29) is 5.56 Å². The van der Waals surface area contributed by atoms with E-state index >= 15 is 0 Å². The molecule has 0 amide bonds. The molecule has 6 heteroatoms. The van der Waals surface area contributed by atoms with Crippen molar-refractivity contribution >= 4 is 11.6 Å². The SMILES string of the molecule is Cn1ncc(C#N)c1C(F)(F)Cl. The molecule has 0 radical (unpaired) electrons. The predicted octanol–water partition coefficient (Wildman–Crippen LogP) is 1.58. The molecule has 0 aliphatic carbocycles. The van der Waals surface area contributed by atoms with E-state index in [1.807, 2.05) is 0 Å². The molecule has 0 fully saturated rings. The van der Waals surface area contributed by atoms with E-state index < -0.39 is 11.1 Å². The van der Waals surface area contributed by atoms with Crippen molar-refractivity contribution in [3.8, 4) is 6.07 Å². The number of nitrogens with zero attached hydrogens (tertiary/aromatic N) is 3. The number of aryl methyl sites for hydroxylation is 1. The van der Waals surface area contributed by atoms with Crippen LogP contribution in [0.4, 0.5) is 8.78 Å². The van der Waals surface area contributed by atoms with Gasteiger partial charge in [0.25, 0.3) is 0 Å². The molecule has 0 bridgehead atoms. The summed E-state index contributed by atoms with van der Waals surface area (Å²) in [6.07, 6.45) is 1.05. The zero-order valence-corrected chi connectivity index (χ0v) is 6.81. The van der Waals surface area contributed by atoms with Crippen LogP contribution in [0, 0.1) is 11.3 Å². The van der Waals surface area contributed by atoms with Gasteiger partial charge in [-0.2, -0.15) is 19.1 Å². The number of nitriles is 1. The Balaban J connectivity index is 3.32. The molecule has 0 saturated carbocycles. The number of rotatable bonds is 1. The average Bonchev–Trinajstić information content (AvgIpc) is 2.29. The van der Waals surface area contributed by atoms with Gasteiger partial charge in [-0.1, -0.05) is 0 Å². The van der Waals surface area contributed by atoms with E-state index in [0.29, 0.717) is 0 Å². The summed E-state index contributed by atoms with van der Waals surface area (Å²) >= 11 is 4.74. The lowest BCUT2D eigenvalue weighted by molar-refractivity contribution is 0.0849. The summed E-state index contributed by atoms with van der Waals surface area (Å²) in [5.41, 5.74) is -0.788. The van der Waals surface area contributed by atoms with Crippen molar-refractivity contribution in [2.24, 2.45) is 7.05 Å². The maximum Gasteiger partial charge on any atom is 0.365 e. The molecule has 0 aromatic carbocycles. The maximum absolute atomic E-state index is 12.5. The minimum atomic E-state index is -3.55. The standard InChI is InChI=1S/C6H4ClF2N3/c1-12-5(6(7,8)9)4(2-10)3-11-12/h3H,1H3. The van der Waals surface area contributed by atoms with Crippen molar-refractivity contribution in [3.05, 3.63) is 17.5 Å². The van der Waals surface area contributed by atoms with Crippen LogP contribution >= 0.6 is 11.6 Å².